The number of nitrogens with zero attached hydrogens (tertiary/aromatic N) is 2. The lowest BCUT2D eigenvalue weighted by Gasteiger charge is -1.96. The molecule has 0 radical (unpaired) electrons. The normalized spacial score (nSPS) is 16.5. The van der Waals surface area contributed by atoms with Gasteiger partial charge in [0.2, 0.25) is 5.88 Å². The van der Waals surface area contributed by atoms with E-state index >= 15 is 0 Å². The number of fused-ring (bicyclic) bond motifs is 1. The fourth-order valence-corrected chi connectivity index (χ4v) is 1.60. The van der Waals surface area contributed by atoms with E-state index in [1.165, 1.54) is 17.7 Å². The van der Waals surface area contributed by atoms with E-state index in [1.807, 2.05) is 11.7 Å². The zero-order valence-corrected chi connectivity index (χ0v) is 7.63. The largest absolute Gasteiger partial charge is 0.476 e. The molecule has 1 aromatic heterocycles. The van der Waals surface area contributed by atoms with Crippen LogP contribution in [0.5, 0.6) is 5.88 Å². The highest BCUT2D eigenvalue weighted by atomic mass is 16.5. The van der Waals surface area contributed by atoms with Crippen molar-refractivity contribution in [2.24, 2.45) is 7.05 Å². The molecule has 12 heavy (non-hydrogen) atoms. The number of hydrogen-bond acceptors (Lipinski definition) is 2. The molecule has 3 heteroatoms. The van der Waals surface area contributed by atoms with Crippen molar-refractivity contribution in [3.8, 4) is 5.88 Å². The minimum atomic E-state index is 0.823. The van der Waals surface area contributed by atoms with Gasteiger partial charge < -0.3 is 4.74 Å². The molecule has 0 atom stereocenters. The number of ether oxygens (including phenoxy) is 1. The van der Waals surface area contributed by atoms with Crippen molar-refractivity contribution >= 4 is 0 Å². The van der Waals surface area contributed by atoms with Gasteiger partial charge in [-0.3, -0.25) is 4.68 Å². The topological polar surface area (TPSA) is 27.1 Å². The fourth-order valence-electron chi connectivity index (χ4n) is 1.60. The molecule has 0 saturated carbocycles. The smallest absolute Gasteiger partial charge is 0.236 e. The second-order valence-corrected chi connectivity index (χ2v) is 3.30. The zero-order valence-electron chi connectivity index (χ0n) is 7.63. The first-order valence-corrected chi connectivity index (χ1v) is 4.44. The fraction of sp³-hybridized carbons (Fsp3) is 0.667. The molecule has 0 aromatic carbocycles. The summed E-state index contributed by atoms with van der Waals surface area (Å²) in [4.78, 5) is 0. The van der Waals surface area contributed by atoms with Gasteiger partial charge in [-0.2, -0.15) is 0 Å². The number of hydrogen-bond donors (Lipinski definition) is 0. The minimum absolute atomic E-state index is 0.823. The minimum Gasteiger partial charge on any atom is -0.476 e. The maximum Gasteiger partial charge on any atom is 0.236 e. The maximum absolute atomic E-state index is 5.52. The first-order chi connectivity index (χ1) is 5.79. The van der Waals surface area contributed by atoms with Crippen molar-refractivity contribution in [1.82, 2.24) is 9.78 Å². The van der Waals surface area contributed by atoms with Crippen molar-refractivity contribution in [1.29, 1.82) is 0 Å². The number of aromatic nitrogens is 2. The molecule has 0 amide bonds. The van der Waals surface area contributed by atoms with E-state index in [2.05, 4.69) is 12.0 Å². The highest BCUT2D eigenvalue weighted by Gasteiger charge is 2.15. The molecule has 2 heterocycles. The summed E-state index contributed by atoms with van der Waals surface area (Å²) in [6.45, 7) is 2.92. The summed E-state index contributed by atoms with van der Waals surface area (Å²) in [7, 11) is 1.97. The lowest BCUT2D eigenvalue weighted by molar-refractivity contribution is 0.301. The summed E-state index contributed by atoms with van der Waals surface area (Å²) >= 11 is 0. The quantitative estimate of drug-likeness (QED) is 0.583. The number of rotatable bonds is 0. The third-order valence-electron chi connectivity index (χ3n) is 2.48. The average Bonchev–Trinajstić information content (AvgIpc) is 2.30. The van der Waals surface area contributed by atoms with Crippen LogP contribution in [-0.4, -0.2) is 16.4 Å². The summed E-state index contributed by atoms with van der Waals surface area (Å²) in [6, 6.07) is 0. The molecule has 0 bridgehead atoms. The molecule has 0 fully saturated rings. The van der Waals surface area contributed by atoms with Crippen molar-refractivity contribution in [3.05, 3.63) is 11.3 Å². The van der Waals surface area contributed by atoms with Crippen LogP contribution in [-0.2, 0) is 13.5 Å². The summed E-state index contributed by atoms with van der Waals surface area (Å²) < 4.78 is 7.42. The van der Waals surface area contributed by atoms with E-state index < -0.39 is 0 Å². The molecule has 0 N–H and O–H groups in total. The molecule has 0 saturated heterocycles. The molecular formula is C9H14N2O. The Morgan fingerprint density at radius 3 is 3.08 bits per heavy atom. The van der Waals surface area contributed by atoms with Crippen LogP contribution in [0.4, 0.5) is 0 Å². The van der Waals surface area contributed by atoms with Crippen molar-refractivity contribution < 1.29 is 4.74 Å². The van der Waals surface area contributed by atoms with E-state index in [0.717, 1.165) is 25.3 Å². The molecular weight excluding hydrogens is 152 g/mol. The predicted molar refractivity (Wildman–Crippen MR) is 46.4 cm³/mol. The standard InChI is InChI=1S/C9H14N2O/c1-7-8-5-3-4-6-12-9(8)10-11(7)2/h3-6H2,1-2H3. The van der Waals surface area contributed by atoms with Crippen LogP contribution >= 0.6 is 0 Å². The Labute approximate surface area is 72.3 Å². The van der Waals surface area contributed by atoms with Crippen molar-refractivity contribution in [2.75, 3.05) is 6.61 Å². The Balaban J connectivity index is 2.42. The van der Waals surface area contributed by atoms with Crippen LogP contribution in [0.15, 0.2) is 0 Å². The molecule has 0 aliphatic carbocycles. The predicted octanol–water partition coefficient (Wildman–Crippen LogP) is 1.44. The Kier molecular flexibility index (Phi) is 1.79. The molecule has 1 aliphatic heterocycles. The van der Waals surface area contributed by atoms with Gasteiger partial charge in [-0.05, 0) is 26.2 Å². The molecule has 1 aliphatic rings. The van der Waals surface area contributed by atoms with Crippen LogP contribution in [0.3, 0.4) is 0 Å². The molecule has 0 unspecified atom stereocenters. The molecule has 3 nitrogen and oxygen atoms in total. The Bertz CT molecular complexity index is 291. The zero-order chi connectivity index (χ0) is 8.55. The van der Waals surface area contributed by atoms with Gasteiger partial charge in [0, 0.05) is 18.3 Å². The SMILES string of the molecule is Cc1c2c(nn1C)OCCCC2. The van der Waals surface area contributed by atoms with Gasteiger partial charge in [0.1, 0.15) is 0 Å². The Morgan fingerprint density at radius 1 is 1.42 bits per heavy atom. The van der Waals surface area contributed by atoms with E-state index in [4.69, 9.17) is 4.74 Å². The molecule has 2 rings (SSSR count). The lowest BCUT2D eigenvalue weighted by Crippen LogP contribution is -1.97. The maximum atomic E-state index is 5.52. The van der Waals surface area contributed by atoms with Crippen molar-refractivity contribution in [3.63, 3.8) is 0 Å². The first-order valence-electron chi connectivity index (χ1n) is 4.44. The summed E-state index contributed by atoms with van der Waals surface area (Å²) in [6.07, 6.45) is 3.49. The van der Waals surface area contributed by atoms with E-state index in [0.29, 0.717) is 0 Å². The Morgan fingerprint density at radius 2 is 2.25 bits per heavy atom. The van der Waals surface area contributed by atoms with Gasteiger partial charge in [-0.25, -0.2) is 0 Å². The van der Waals surface area contributed by atoms with E-state index in [1.54, 1.807) is 0 Å². The number of aryl methyl sites for hydroxylation is 1. The van der Waals surface area contributed by atoms with Gasteiger partial charge in [0.25, 0.3) is 0 Å². The average molecular weight is 166 g/mol. The van der Waals surface area contributed by atoms with Crippen LogP contribution in [0.2, 0.25) is 0 Å². The Hall–Kier alpha value is -0.990. The summed E-state index contributed by atoms with van der Waals surface area (Å²) in [5, 5.41) is 4.31. The molecule has 0 spiro atoms. The van der Waals surface area contributed by atoms with Crippen LogP contribution in [0.25, 0.3) is 0 Å². The monoisotopic (exact) mass is 166 g/mol. The third-order valence-corrected chi connectivity index (χ3v) is 2.48. The van der Waals surface area contributed by atoms with Gasteiger partial charge in [0.15, 0.2) is 0 Å². The second-order valence-electron chi connectivity index (χ2n) is 3.30. The lowest BCUT2D eigenvalue weighted by atomic mass is 10.1. The first kappa shape index (κ1) is 7.65. The van der Waals surface area contributed by atoms with E-state index in [-0.39, 0.29) is 0 Å². The van der Waals surface area contributed by atoms with Gasteiger partial charge >= 0.3 is 0 Å². The van der Waals surface area contributed by atoms with Crippen LogP contribution in [0.1, 0.15) is 24.1 Å². The summed E-state index contributed by atoms with van der Waals surface area (Å²) in [5.74, 6) is 0.854. The van der Waals surface area contributed by atoms with Crippen LogP contribution in [0, 0.1) is 6.92 Å². The highest BCUT2D eigenvalue weighted by molar-refractivity contribution is 5.31. The molecule has 66 valence electrons. The van der Waals surface area contributed by atoms with Gasteiger partial charge in [-0.1, -0.05) is 0 Å². The molecule has 1 aromatic rings. The second kappa shape index (κ2) is 2.81. The summed E-state index contributed by atoms with van der Waals surface area (Å²) in [5.41, 5.74) is 2.54. The van der Waals surface area contributed by atoms with Crippen LogP contribution < -0.4 is 4.74 Å². The highest BCUT2D eigenvalue weighted by Crippen LogP contribution is 2.25. The third kappa shape index (κ3) is 1.09. The van der Waals surface area contributed by atoms with Gasteiger partial charge in [0.05, 0.1) is 6.61 Å². The van der Waals surface area contributed by atoms with E-state index in [9.17, 15) is 0 Å². The van der Waals surface area contributed by atoms with Gasteiger partial charge in [-0.15, -0.1) is 5.10 Å². The van der Waals surface area contributed by atoms with Crippen molar-refractivity contribution in [2.45, 2.75) is 26.2 Å².